The van der Waals surface area contributed by atoms with E-state index in [2.05, 4.69) is 15.3 Å². The fourth-order valence-corrected chi connectivity index (χ4v) is 5.12. The summed E-state index contributed by atoms with van der Waals surface area (Å²) in [5.41, 5.74) is 2.53. The first-order chi connectivity index (χ1) is 11.5. The second-order valence-corrected chi connectivity index (χ2v) is 8.72. The van der Waals surface area contributed by atoms with E-state index < -0.39 is 9.84 Å². The van der Waals surface area contributed by atoms with Crippen LogP contribution in [0.2, 0.25) is 0 Å². The van der Waals surface area contributed by atoms with Gasteiger partial charge in [0, 0.05) is 17.4 Å². The van der Waals surface area contributed by atoms with Crippen LogP contribution in [-0.2, 0) is 15.6 Å². The van der Waals surface area contributed by atoms with Crippen molar-refractivity contribution in [2.24, 2.45) is 0 Å². The zero-order valence-corrected chi connectivity index (χ0v) is 14.7. The minimum atomic E-state index is -3.09. The average Bonchev–Trinajstić information content (AvgIpc) is 2.56. The quantitative estimate of drug-likeness (QED) is 0.893. The predicted molar refractivity (Wildman–Crippen MR) is 96.0 cm³/mol. The van der Waals surface area contributed by atoms with Crippen molar-refractivity contribution in [3.8, 4) is 0 Å². The molecule has 0 aliphatic heterocycles. The van der Waals surface area contributed by atoms with Gasteiger partial charge in [-0.2, -0.15) is 0 Å². The molecule has 3 rings (SSSR count). The second-order valence-electron chi connectivity index (χ2n) is 6.44. The van der Waals surface area contributed by atoms with Gasteiger partial charge in [-0.1, -0.05) is 31.4 Å². The van der Waals surface area contributed by atoms with Crippen LogP contribution in [0.25, 0.3) is 0 Å². The highest BCUT2D eigenvalue weighted by Crippen LogP contribution is 2.27. The van der Waals surface area contributed by atoms with Gasteiger partial charge in [-0.15, -0.1) is 0 Å². The Bertz CT molecular complexity index is 799. The smallest absolute Gasteiger partial charge is 0.157 e. The highest BCUT2D eigenvalue weighted by molar-refractivity contribution is 7.91. The SMILES string of the molecule is Cc1cc(Nc2cccc(CS(=O)(=O)C3CCCCC3)c2)ncn1. The molecule has 0 amide bonds. The van der Waals surface area contributed by atoms with Crippen LogP contribution in [0.4, 0.5) is 11.5 Å². The molecular formula is C18H23N3O2S. The summed E-state index contributed by atoms with van der Waals surface area (Å²) >= 11 is 0. The summed E-state index contributed by atoms with van der Waals surface area (Å²) in [6.45, 7) is 1.90. The van der Waals surface area contributed by atoms with E-state index >= 15 is 0 Å². The Labute approximate surface area is 143 Å². The van der Waals surface area contributed by atoms with E-state index in [0.717, 1.165) is 49.0 Å². The maximum atomic E-state index is 12.6. The highest BCUT2D eigenvalue weighted by atomic mass is 32.2. The van der Waals surface area contributed by atoms with Crippen molar-refractivity contribution in [1.82, 2.24) is 9.97 Å². The molecule has 1 aromatic carbocycles. The number of benzene rings is 1. The van der Waals surface area contributed by atoms with Crippen molar-refractivity contribution < 1.29 is 8.42 Å². The molecule has 1 aromatic heterocycles. The Hall–Kier alpha value is -1.95. The van der Waals surface area contributed by atoms with Gasteiger partial charge in [-0.05, 0) is 37.5 Å². The van der Waals surface area contributed by atoms with Gasteiger partial charge in [0.05, 0.1) is 11.0 Å². The molecule has 24 heavy (non-hydrogen) atoms. The van der Waals surface area contributed by atoms with E-state index in [1.807, 2.05) is 37.3 Å². The molecule has 1 heterocycles. The molecule has 0 atom stereocenters. The zero-order chi connectivity index (χ0) is 17.0. The van der Waals surface area contributed by atoms with Crippen LogP contribution in [0, 0.1) is 6.92 Å². The van der Waals surface area contributed by atoms with Crippen LogP contribution in [0.15, 0.2) is 36.7 Å². The summed E-state index contributed by atoms with van der Waals surface area (Å²) in [6, 6.07) is 9.40. The van der Waals surface area contributed by atoms with Crippen LogP contribution >= 0.6 is 0 Å². The number of rotatable bonds is 5. The van der Waals surface area contributed by atoms with Crippen LogP contribution in [-0.4, -0.2) is 23.6 Å². The van der Waals surface area contributed by atoms with E-state index in [-0.39, 0.29) is 11.0 Å². The lowest BCUT2D eigenvalue weighted by molar-refractivity contribution is 0.483. The van der Waals surface area contributed by atoms with Crippen molar-refractivity contribution in [3.63, 3.8) is 0 Å². The number of nitrogens with one attached hydrogen (secondary N) is 1. The Morgan fingerprint density at radius 1 is 1.12 bits per heavy atom. The Morgan fingerprint density at radius 3 is 2.67 bits per heavy atom. The van der Waals surface area contributed by atoms with Crippen molar-refractivity contribution in [1.29, 1.82) is 0 Å². The lowest BCUT2D eigenvalue weighted by Gasteiger charge is -2.21. The standard InChI is InChI=1S/C18H23N3O2S/c1-14-10-18(20-13-19-14)21-16-7-5-6-15(11-16)12-24(22,23)17-8-3-2-4-9-17/h5-7,10-11,13,17H,2-4,8-9,12H2,1H3,(H,19,20,21). The zero-order valence-electron chi connectivity index (χ0n) is 13.9. The number of aryl methyl sites for hydroxylation is 1. The Morgan fingerprint density at radius 2 is 1.92 bits per heavy atom. The molecule has 1 fully saturated rings. The lowest BCUT2D eigenvalue weighted by atomic mass is 10.0. The summed E-state index contributed by atoms with van der Waals surface area (Å²) in [6.07, 6.45) is 6.33. The number of anilines is 2. The summed E-state index contributed by atoms with van der Waals surface area (Å²) in [5.74, 6) is 0.811. The minimum Gasteiger partial charge on any atom is -0.340 e. The van der Waals surface area contributed by atoms with Gasteiger partial charge in [0.1, 0.15) is 12.1 Å². The van der Waals surface area contributed by atoms with E-state index in [0.29, 0.717) is 5.82 Å². The molecule has 1 saturated carbocycles. The van der Waals surface area contributed by atoms with Gasteiger partial charge in [0.2, 0.25) is 0 Å². The predicted octanol–water partition coefficient (Wildman–Crippen LogP) is 3.78. The third-order valence-electron chi connectivity index (χ3n) is 4.43. The number of hydrogen-bond donors (Lipinski definition) is 1. The Kier molecular flexibility index (Phi) is 5.14. The van der Waals surface area contributed by atoms with Crippen LogP contribution in [0.1, 0.15) is 43.4 Å². The van der Waals surface area contributed by atoms with E-state index in [1.165, 1.54) is 6.33 Å². The van der Waals surface area contributed by atoms with Crippen molar-refractivity contribution in [2.75, 3.05) is 5.32 Å². The molecule has 0 unspecified atom stereocenters. The maximum Gasteiger partial charge on any atom is 0.157 e. The molecule has 0 saturated heterocycles. The van der Waals surface area contributed by atoms with Gasteiger partial charge in [0.25, 0.3) is 0 Å². The molecule has 2 aromatic rings. The van der Waals surface area contributed by atoms with Crippen molar-refractivity contribution in [2.45, 2.75) is 50.0 Å². The number of nitrogens with zero attached hydrogens (tertiary/aromatic N) is 2. The van der Waals surface area contributed by atoms with Crippen LogP contribution < -0.4 is 5.32 Å². The molecule has 1 aliphatic rings. The van der Waals surface area contributed by atoms with Crippen LogP contribution in [0.5, 0.6) is 0 Å². The van der Waals surface area contributed by atoms with Gasteiger partial charge in [-0.3, -0.25) is 0 Å². The summed E-state index contributed by atoms with van der Waals surface area (Å²) in [4.78, 5) is 8.24. The summed E-state index contributed by atoms with van der Waals surface area (Å²) in [7, 11) is -3.09. The number of sulfone groups is 1. The normalized spacial score (nSPS) is 16.0. The largest absolute Gasteiger partial charge is 0.340 e. The first-order valence-corrected chi connectivity index (χ1v) is 10.1. The first kappa shape index (κ1) is 16.9. The van der Waals surface area contributed by atoms with E-state index in [4.69, 9.17) is 0 Å². The molecule has 6 heteroatoms. The number of aromatic nitrogens is 2. The third kappa shape index (κ3) is 4.32. The van der Waals surface area contributed by atoms with Crippen LogP contribution in [0.3, 0.4) is 0 Å². The summed E-state index contributed by atoms with van der Waals surface area (Å²) < 4.78 is 25.3. The minimum absolute atomic E-state index is 0.107. The topological polar surface area (TPSA) is 72.0 Å². The van der Waals surface area contributed by atoms with Gasteiger partial charge >= 0.3 is 0 Å². The van der Waals surface area contributed by atoms with Crippen molar-refractivity contribution >= 4 is 21.3 Å². The third-order valence-corrected chi connectivity index (χ3v) is 6.65. The van der Waals surface area contributed by atoms with E-state index in [1.54, 1.807) is 0 Å². The highest BCUT2D eigenvalue weighted by Gasteiger charge is 2.27. The van der Waals surface area contributed by atoms with Crippen molar-refractivity contribution in [3.05, 3.63) is 47.9 Å². The molecule has 0 radical (unpaired) electrons. The first-order valence-electron chi connectivity index (χ1n) is 8.39. The van der Waals surface area contributed by atoms with E-state index in [9.17, 15) is 8.42 Å². The fourth-order valence-electron chi connectivity index (χ4n) is 3.18. The maximum absolute atomic E-state index is 12.6. The lowest BCUT2D eigenvalue weighted by Crippen LogP contribution is -2.25. The Balaban J connectivity index is 1.73. The summed E-state index contributed by atoms with van der Waals surface area (Å²) in [5, 5.41) is 3.03. The number of hydrogen-bond acceptors (Lipinski definition) is 5. The van der Waals surface area contributed by atoms with Gasteiger partial charge < -0.3 is 5.32 Å². The fraction of sp³-hybridized carbons (Fsp3) is 0.444. The monoisotopic (exact) mass is 345 g/mol. The molecule has 5 nitrogen and oxygen atoms in total. The van der Waals surface area contributed by atoms with Gasteiger partial charge in [0.15, 0.2) is 9.84 Å². The second kappa shape index (κ2) is 7.30. The average molecular weight is 345 g/mol. The molecular weight excluding hydrogens is 322 g/mol. The molecule has 128 valence electrons. The molecule has 1 aliphatic carbocycles. The molecule has 0 spiro atoms. The molecule has 0 bridgehead atoms. The van der Waals surface area contributed by atoms with Gasteiger partial charge in [-0.25, -0.2) is 18.4 Å². The molecule has 1 N–H and O–H groups in total.